The molecule has 2 heterocycles. The van der Waals surface area contributed by atoms with E-state index in [9.17, 15) is 0 Å². The van der Waals surface area contributed by atoms with Crippen molar-refractivity contribution in [1.82, 2.24) is 10.3 Å². The van der Waals surface area contributed by atoms with Crippen molar-refractivity contribution in [3.63, 3.8) is 0 Å². The second-order valence-electron chi connectivity index (χ2n) is 4.00. The topological polar surface area (TPSA) is 28.2 Å². The Balaban J connectivity index is 1.96. The van der Waals surface area contributed by atoms with Gasteiger partial charge in [-0.15, -0.1) is 0 Å². The van der Waals surface area contributed by atoms with Gasteiger partial charge in [-0.25, -0.2) is 4.98 Å². The van der Waals surface area contributed by atoms with E-state index < -0.39 is 0 Å². The van der Waals surface area contributed by atoms with Crippen molar-refractivity contribution in [2.75, 3.05) is 24.5 Å². The second kappa shape index (κ2) is 5.12. The highest BCUT2D eigenvalue weighted by Crippen LogP contribution is 2.17. The standard InChI is InChI=1S/C12H19N3/c1-2-13-9-11-5-6-12(14-10-11)15-7-3-4-8-15/h5-6,10,13H,2-4,7-9H2,1H3. The summed E-state index contributed by atoms with van der Waals surface area (Å²) in [5.41, 5.74) is 1.26. The average molecular weight is 205 g/mol. The number of nitrogens with one attached hydrogen (secondary N) is 1. The van der Waals surface area contributed by atoms with Crippen molar-refractivity contribution < 1.29 is 0 Å². The Hall–Kier alpha value is -1.09. The molecule has 1 aromatic heterocycles. The van der Waals surface area contributed by atoms with Crippen LogP contribution in [0.1, 0.15) is 25.3 Å². The smallest absolute Gasteiger partial charge is 0.128 e. The molecule has 0 bridgehead atoms. The van der Waals surface area contributed by atoms with E-state index >= 15 is 0 Å². The number of anilines is 1. The number of rotatable bonds is 4. The van der Waals surface area contributed by atoms with Gasteiger partial charge in [0.25, 0.3) is 0 Å². The van der Waals surface area contributed by atoms with E-state index in [1.54, 1.807) is 0 Å². The van der Waals surface area contributed by atoms with Crippen LogP contribution in [0.2, 0.25) is 0 Å². The summed E-state index contributed by atoms with van der Waals surface area (Å²) in [5.74, 6) is 1.13. The van der Waals surface area contributed by atoms with Crippen molar-refractivity contribution >= 4 is 5.82 Å². The highest BCUT2D eigenvalue weighted by atomic mass is 15.2. The minimum Gasteiger partial charge on any atom is -0.357 e. The maximum atomic E-state index is 4.50. The van der Waals surface area contributed by atoms with Gasteiger partial charge in [-0.05, 0) is 31.0 Å². The van der Waals surface area contributed by atoms with Crippen LogP contribution in [0.3, 0.4) is 0 Å². The maximum absolute atomic E-state index is 4.50. The Bertz CT molecular complexity index is 288. The van der Waals surface area contributed by atoms with Crippen LogP contribution in [0.25, 0.3) is 0 Å². The molecule has 0 aliphatic carbocycles. The quantitative estimate of drug-likeness (QED) is 0.812. The van der Waals surface area contributed by atoms with Crippen LogP contribution >= 0.6 is 0 Å². The number of hydrogen-bond donors (Lipinski definition) is 1. The molecule has 1 fully saturated rings. The van der Waals surface area contributed by atoms with Crippen LogP contribution in [-0.4, -0.2) is 24.6 Å². The molecule has 0 saturated carbocycles. The van der Waals surface area contributed by atoms with Gasteiger partial charge in [0.1, 0.15) is 5.82 Å². The average Bonchev–Trinajstić information content (AvgIpc) is 2.80. The minimum atomic E-state index is 0.920. The van der Waals surface area contributed by atoms with E-state index in [1.165, 1.54) is 31.5 Å². The second-order valence-corrected chi connectivity index (χ2v) is 4.00. The monoisotopic (exact) mass is 205 g/mol. The fourth-order valence-electron chi connectivity index (χ4n) is 1.92. The van der Waals surface area contributed by atoms with Gasteiger partial charge in [0.05, 0.1) is 0 Å². The fourth-order valence-corrected chi connectivity index (χ4v) is 1.92. The Morgan fingerprint density at radius 3 is 2.73 bits per heavy atom. The minimum absolute atomic E-state index is 0.920. The zero-order valence-corrected chi connectivity index (χ0v) is 9.37. The lowest BCUT2D eigenvalue weighted by Gasteiger charge is -2.16. The summed E-state index contributed by atoms with van der Waals surface area (Å²) in [6, 6.07) is 4.31. The molecule has 0 atom stereocenters. The van der Waals surface area contributed by atoms with Gasteiger partial charge in [0.15, 0.2) is 0 Å². The number of pyridine rings is 1. The van der Waals surface area contributed by atoms with Gasteiger partial charge in [-0.1, -0.05) is 13.0 Å². The third-order valence-corrected chi connectivity index (χ3v) is 2.82. The molecule has 3 heteroatoms. The highest BCUT2D eigenvalue weighted by Gasteiger charge is 2.12. The third kappa shape index (κ3) is 2.69. The predicted octanol–water partition coefficient (Wildman–Crippen LogP) is 1.79. The van der Waals surface area contributed by atoms with Crippen molar-refractivity contribution in [2.45, 2.75) is 26.3 Å². The van der Waals surface area contributed by atoms with Gasteiger partial charge in [0, 0.05) is 25.8 Å². The lowest BCUT2D eigenvalue weighted by molar-refractivity contribution is 0.724. The van der Waals surface area contributed by atoms with Crippen molar-refractivity contribution in [2.24, 2.45) is 0 Å². The summed E-state index contributed by atoms with van der Waals surface area (Å²) >= 11 is 0. The van der Waals surface area contributed by atoms with Crippen LogP contribution in [0.5, 0.6) is 0 Å². The van der Waals surface area contributed by atoms with Crippen molar-refractivity contribution in [3.8, 4) is 0 Å². The van der Waals surface area contributed by atoms with Crippen LogP contribution in [0.15, 0.2) is 18.3 Å². The Labute approximate surface area is 91.5 Å². The summed E-state index contributed by atoms with van der Waals surface area (Å²) in [6.45, 7) is 6.38. The normalized spacial score (nSPS) is 15.9. The lowest BCUT2D eigenvalue weighted by atomic mass is 10.3. The number of aromatic nitrogens is 1. The van der Waals surface area contributed by atoms with Gasteiger partial charge >= 0.3 is 0 Å². The predicted molar refractivity (Wildman–Crippen MR) is 63.1 cm³/mol. The Morgan fingerprint density at radius 2 is 2.13 bits per heavy atom. The van der Waals surface area contributed by atoms with E-state index in [-0.39, 0.29) is 0 Å². The summed E-state index contributed by atoms with van der Waals surface area (Å²) in [5, 5.41) is 3.30. The molecule has 1 N–H and O–H groups in total. The summed E-state index contributed by atoms with van der Waals surface area (Å²) in [7, 11) is 0. The SMILES string of the molecule is CCNCc1ccc(N2CCCC2)nc1. The number of nitrogens with zero attached hydrogens (tertiary/aromatic N) is 2. The molecule has 2 rings (SSSR count). The molecule has 3 nitrogen and oxygen atoms in total. The molecule has 1 aliphatic heterocycles. The van der Waals surface area contributed by atoms with Gasteiger partial charge < -0.3 is 10.2 Å². The zero-order valence-electron chi connectivity index (χ0n) is 9.37. The van der Waals surface area contributed by atoms with Gasteiger partial charge in [-0.2, -0.15) is 0 Å². The van der Waals surface area contributed by atoms with E-state index in [0.717, 1.165) is 18.9 Å². The molecular formula is C12H19N3. The lowest BCUT2D eigenvalue weighted by Crippen LogP contribution is -2.19. The molecule has 15 heavy (non-hydrogen) atoms. The van der Waals surface area contributed by atoms with Crippen LogP contribution in [0, 0.1) is 0 Å². The van der Waals surface area contributed by atoms with E-state index in [4.69, 9.17) is 0 Å². The summed E-state index contributed by atoms with van der Waals surface area (Å²) in [4.78, 5) is 6.86. The van der Waals surface area contributed by atoms with Crippen LogP contribution in [0.4, 0.5) is 5.82 Å². The molecule has 1 aliphatic rings. The highest BCUT2D eigenvalue weighted by molar-refractivity contribution is 5.40. The summed E-state index contributed by atoms with van der Waals surface area (Å²) in [6.07, 6.45) is 4.60. The Kier molecular flexibility index (Phi) is 3.56. The molecule has 0 amide bonds. The largest absolute Gasteiger partial charge is 0.357 e. The van der Waals surface area contributed by atoms with Gasteiger partial charge in [0.2, 0.25) is 0 Å². The van der Waals surface area contributed by atoms with E-state index in [1.807, 2.05) is 6.20 Å². The zero-order chi connectivity index (χ0) is 10.5. The Morgan fingerprint density at radius 1 is 1.33 bits per heavy atom. The molecular weight excluding hydrogens is 186 g/mol. The first-order valence-electron chi connectivity index (χ1n) is 5.80. The third-order valence-electron chi connectivity index (χ3n) is 2.82. The van der Waals surface area contributed by atoms with E-state index in [0.29, 0.717) is 0 Å². The first-order valence-corrected chi connectivity index (χ1v) is 5.80. The molecule has 0 radical (unpaired) electrons. The molecule has 0 spiro atoms. The molecule has 82 valence electrons. The molecule has 1 aromatic rings. The number of hydrogen-bond acceptors (Lipinski definition) is 3. The first-order chi connectivity index (χ1) is 7.40. The van der Waals surface area contributed by atoms with Gasteiger partial charge in [-0.3, -0.25) is 0 Å². The maximum Gasteiger partial charge on any atom is 0.128 e. The van der Waals surface area contributed by atoms with Crippen LogP contribution in [-0.2, 0) is 6.54 Å². The van der Waals surface area contributed by atoms with Crippen molar-refractivity contribution in [3.05, 3.63) is 23.9 Å². The van der Waals surface area contributed by atoms with Crippen LogP contribution < -0.4 is 10.2 Å². The molecule has 0 unspecified atom stereocenters. The first kappa shape index (κ1) is 10.4. The molecule has 0 aromatic carbocycles. The van der Waals surface area contributed by atoms with Crippen molar-refractivity contribution in [1.29, 1.82) is 0 Å². The fraction of sp³-hybridized carbons (Fsp3) is 0.583. The van der Waals surface area contributed by atoms with E-state index in [2.05, 4.69) is 34.3 Å². The summed E-state index contributed by atoms with van der Waals surface area (Å²) < 4.78 is 0. The molecule has 1 saturated heterocycles.